The zero-order valence-corrected chi connectivity index (χ0v) is 6.55. The molecule has 1 aliphatic heterocycles. The van der Waals surface area contributed by atoms with Gasteiger partial charge in [-0.2, -0.15) is 0 Å². The molecule has 58 valence electrons. The summed E-state index contributed by atoms with van der Waals surface area (Å²) in [6.07, 6.45) is 0. The van der Waals surface area contributed by atoms with Crippen LogP contribution >= 0.6 is 11.8 Å². The minimum absolute atomic E-state index is 0.134. The van der Waals surface area contributed by atoms with Gasteiger partial charge in [0.1, 0.15) is 0 Å². The highest BCUT2D eigenvalue weighted by molar-refractivity contribution is 6.22. The molecule has 0 N–H and O–H groups in total. The molecule has 1 heterocycles. The van der Waals surface area contributed by atoms with Gasteiger partial charge >= 0.3 is 6.03 Å². The number of urea groups is 1. The molecule has 0 spiro atoms. The van der Waals surface area contributed by atoms with Crippen molar-refractivity contribution in [2.45, 2.75) is 19.4 Å². The highest BCUT2D eigenvalue weighted by Gasteiger charge is 2.38. The molecule has 0 aromatic rings. The number of rotatable bonds is 0. The lowest BCUT2D eigenvalue weighted by Crippen LogP contribution is -2.34. The molecular formula is C5H8ClN2O2-. The molecular weight excluding hydrogens is 156 g/mol. The summed E-state index contributed by atoms with van der Waals surface area (Å²) in [5.74, 6) is 0. The fourth-order valence-electron chi connectivity index (χ4n) is 0.838. The third kappa shape index (κ3) is 0.932. The lowest BCUT2D eigenvalue weighted by atomic mass is 10.1. The van der Waals surface area contributed by atoms with E-state index in [0.29, 0.717) is 5.06 Å². The van der Waals surface area contributed by atoms with Crippen LogP contribution in [0.1, 0.15) is 13.8 Å². The Bertz CT molecular complexity index is 171. The Morgan fingerprint density at radius 3 is 2.30 bits per heavy atom. The number of hydrogen-bond donors (Lipinski definition) is 0. The van der Waals surface area contributed by atoms with Gasteiger partial charge in [-0.25, -0.2) is 9.21 Å². The maximum absolute atomic E-state index is 10.7. The highest BCUT2D eigenvalue weighted by Crippen LogP contribution is 2.26. The lowest BCUT2D eigenvalue weighted by molar-refractivity contribution is 0.214. The van der Waals surface area contributed by atoms with Crippen molar-refractivity contribution in [3.05, 3.63) is 5.21 Å². The largest absolute Gasteiger partial charge is 0.755 e. The van der Waals surface area contributed by atoms with E-state index in [1.807, 2.05) is 0 Å². The van der Waals surface area contributed by atoms with Gasteiger partial charge < -0.3 is 10.3 Å². The normalized spacial score (nSPS) is 24.2. The predicted octanol–water partition coefficient (Wildman–Crippen LogP) is 1.15. The van der Waals surface area contributed by atoms with E-state index in [-0.39, 0.29) is 6.54 Å². The molecule has 1 fully saturated rings. The second-order valence-corrected chi connectivity index (χ2v) is 3.25. The standard InChI is InChI=1S/C5H8ClN2O2/c1-5(2)3-7(10)4(9)8(5)6/h3H2,1-2H3/q-1. The smallest absolute Gasteiger partial charge is 0.324 e. The van der Waals surface area contributed by atoms with Crippen molar-refractivity contribution in [2.75, 3.05) is 6.54 Å². The fourth-order valence-corrected chi connectivity index (χ4v) is 0.976. The third-order valence-electron chi connectivity index (χ3n) is 1.44. The lowest BCUT2D eigenvalue weighted by Gasteiger charge is -2.22. The predicted molar refractivity (Wildman–Crippen MR) is 37.2 cm³/mol. The molecule has 2 amide bonds. The quantitative estimate of drug-likeness (QED) is 0.503. The van der Waals surface area contributed by atoms with Crippen molar-refractivity contribution >= 4 is 17.8 Å². The van der Waals surface area contributed by atoms with Gasteiger partial charge in [-0.1, -0.05) is 0 Å². The summed E-state index contributed by atoms with van der Waals surface area (Å²) in [4.78, 5) is 10.7. The van der Waals surface area contributed by atoms with E-state index < -0.39 is 11.6 Å². The molecule has 0 saturated carbocycles. The molecule has 0 atom stereocenters. The van der Waals surface area contributed by atoms with Crippen LogP contribution in [0.5, 0.6) is 0 Å². The molecule has 1 saturated heterocycles. The SMILES string of the molecule is CC1(C)CN([O-])C(=O)N1Cl. The molecule has 0 bridgehead atoms. The van der Waals surface area contributed by atoms with Crippen molar-refractivity contribution in [3.63, 3.8) is 0 Å². The van der Waals surface area contributed by atoms with Crippen LogP contribution in [0.3, 0.4) is 0 Å². The van der Waals surface area contributed by atoms with Crippen LogP contribution in [-0.2, 0) is 0 Å². The zero-order chi connectivity index (χ0) is 7.94. The average Bonchev–Trinajstić information content (AvgIpc) is 1.95. The van der Waals surface area contributed by atoms with Crippen LogP contribution < -0.4 is 0 Å². The van der Waals surface area contributed by atoms with Gasteiger partial charge in [0, 0.05) is 18.3 Å². The van der Waals surface area contributed by atoms with Crippen LogP contribution in [0, 0.1) is 5.21 Å². The van der Waals surface area contributed by atoms with Gasteiger partial charge in [0.25, 0.3) is 0 Å². The van der Waals surface area contributed by atoms with E-state index in [1.165, 1.54) is 0 Å². The number of nitrogens with zero attached hydrogens (tertiary/aromatic N) is 2. The van der Waals surface area contributed by atoms with E-state index in [9.17, 15) is 10.0 Å². The van der Waals surface area contributed by atoms with Crippen LogP contribution in [0.25, 0.3) is 0 Å². The Balaban J connectivity index is 2.81. The molecule has 4 nitrogen and oxygen atoms in total. The summed E-state index contributed by atoms with van der Waals surface area (Å²) in [6.45, 7) is 3.60. The van der Waals surface area contributed by atoms with Gasteiger partial charge in [0.05, 0.1) is 5.54 Å². The second kappa shape index (κ2) is 2.00. The number of hydroxylamine groups is 2. The number of halogens is 1. The van der Waals surface area contributed by atoms with E-state index in [0.717, 1.165) is 4.42 Å². The number of hydrogen-bond acceptors (Lipinski definition) is 2. The molecule has 0 radical (unpaired) electrons. The molecule has 0 aliphatic carbocycles. The van der Waals surface area contributed by atoms with Crippen molar-refractivity contribution in [1.82, 2.24) is 9.48 Å². The number of carbonyl (C=O) groups is 1. The third-order valence-corrected chi connectivity index (χ3v) is 2.05. The summed E-state index contributed by atoms with van der Waals surface area (Å²) in [6, 6.07) is -0.674. The van der Waals surface area contributed by atoms with Crippen LogP contribution in [-0.4, -0.2) is 27.6 Å². The van der Waals surface area contributed by atoms with E-state index in [1.54, 1.807) is 13.8 Å². The Hall–Kier alpha value is -0.480. The number of carbonyl (C=O) groups excluding carboxylic acids is 1. The summed E-state index contributed by atoms with van der Waals surface area (Å²) >= 11 is 5.49. The molecule has 0 aromatic heterocycles. The summed E-state index contributed by atoms with van der Waals surface area (Å²) in [7, 11) is 0. The molecule has 0 aromatic carbocycles. The molecule has 1 aliphatic rings. The van der Waals surface area contributed by atoms with Crippen LogP contribution in [0.15, 0.2) is 0 Å². The van der Waals surface area contributed by atoms with E-state index >= 15 is 0 Å². The fraction of sp³-hybridized carbons (Fsp3) is 0.800. The summed E-state index contributed by atoms with van der Waals surface area (Å²) in [5.41, 5.74) is -0.541. The maximum atomic E-state index is 10.7. The van der Waals surface area contributed by atoms with Crippen LogP contribution in [0.2, 0.25) is 0 Å². The first-order valence-corrected chi connectivity index (χ1v) is 3.23. The van der Waals surface area contributed by atoms with Gasteiger partial charge in [-0.3, -0.25) is 0 Å². The van der Waals surface area contributed by atoms with Crippen molar-refractivity contribution in [2.24, 2.45) is 0 Å². The first-order chi connectivity index (χ1) is 4.45. The van der Waals surface area contributed by atoms with Gasteiger partial charge in [-0.05, 0) is 13.8 Å². The Morgan fingerprint density at radius 2 is 2.20 bits per heavy atom. The summed E-state index contributed by atoms with van der Waals surface area (Å²) < 4.78 is 0.931. The van der Waals surface area contributed by atoms with E-state index in [2.05, 4.69) is 0 Å². The van der Waals surface area contributed by atoms with Crippen molar-refractivity contribution in [3.8, 4) is 0 Å². The first kappa shape index (κ1) is 7.63. The molecule has 0 unspecified atom stereocenters. The Morgan fingerprint density at radius 1 is 1.70 bits per heavy atom. The van der Waals surface area contributed by atoms with Gasteiger partial charge in [-0.15, -0.1) is 0 Å². The van der Waals surface area contributed by atoms with Crippen LogP contribution in [0.4, 0.5) is 4.79 Å². The highest BCUT2D eigenvalue weighted by atomic mass is 35.5. The Kier molecular flexibility index (Phi) is 1.53. The van der Waals surface area contributed by atoms with Crippen molar-refractivity contribution < 1.29 is 4.79 Å². The second-order valence-electron chi connectivity index (χ2n) is 2.91. The Labute approximate surface area is 64.0 Å². The van der Waals surface area contributed by atoms with Gasteiger partial charge in [0.15, 0.2) is 0 Å². The van der Waals surface area contributed by atoms with Crippen molar-refractivity contribution in [1.29, 1.82) is 0 Å². The minimum Gasteiger partial charge on any atom is -0.755 e. The monoisotopic (exact) mass is 163 g/mol. The topological polar surface area (TPSA) is 46.6 Å². The summed E-state index contributed by atoms with van der Waals surface area (Å²) in [5, 5.41) is 11.0. The first-order valence-electron chi connectivity index (χ1n) is 2.90. The number of amides is 2. The molecule has 5 heteroatoms. The minimum atomic E-state index is -0.674. The molecule has 10 heavy (non-hydrogen) atoms. The zero-order valence-electron chi connectivity index (χ0n) is 5.80. The maximum Gasteiger partial charge on any atom is 0.324 e. The average molecular weight is 164 g/mol. The molecule has 1 rings (SSSR count). The van der Waals surface area contributed by atoms with E-state index in [4.69, 9.17) is 11.8 Å². The van der Waals surface area contributed by atoms with Gasteiger partial charge in [0.2, 0.25) is 0 Å².